The minimum Gasteiger partial charge on any atom is -0.462 e. The maximum Gasteiger partial charge on any atom is 0.472 e. The molecule has 8 atom stereocenters. The van der Waals surface area contributed by atoms with Gasteiger partial charge in [-0.25, -0.2) is 9.13 Å². The lowest BCUT2D eigenvalue weighted by Crippen LogP contribution is -2.30. The number of aliphatic hydroxyl groups excluding tert-OH is 1. The predicted octanol–water partition coefficient (Wildman–Crippen LogP) is 17.4. The van der Waals surface area contributed by atoms with E-state index in [-0.39, 0.29) is 25.7 Å². The van der Waals surface area contributed by atoms with Crippen molar-refractivity contribution in [2.24, 2.45) is 23.7 Å². The fraction of sp³-hybridized carbons (Fsp3) is 0.938. The van der Waals surface area contributed by atoms with Crippen molar-refractivity contribution in [3.63, 3.8) is 0 Å². The van der Waals surface area contributed by atoms with Gasteiger partial charge < -0.3 is 33.8 Å². The minimum atomic E-state index is -4.95. The molecule has 0 aromatic carbocycles. The summed E-state index contributed by atoms with van der Waals surface area (Å²) in [6.07, 6.45) is 33.6. The van der Waals surface area contributed by atoms with Crippen molar-refractivity contribution in [1.29, 1.82) is 0 Å². The predicted molar refractivity (Wildman–Crippen MR) is 331 cm³/mol. The van der Waals surface area contributed by atoms with Crippen molar-refractivity contribution in [2.75, 3.05) is 39.6 Å². The molecule has 0 saturated carbocycles. The molecule has 0 bridgehead atoms. The van der Waals surface area contributed by atoms with Crippen LogP contribution in [0.15, 0.2) is 0 Å². The Bertz CT molecular complexity index is 1670. The van der Waals surface area contributed by atoms with E-state index < -0.39 is 97.5 Å². The van der Waals surface area contributed by atoms with E-state index in [0.717, 1.165) is 120 Å². The van der Waals surface area contributed by atoms with Gasteiger partial charge >= 0.3 is 39.5 Å². The number of hydrogen-bond acceptors (Lipinski definition) is 15. The average molecular weight is 1230 g/mol. The largest absolute Gasteiger partial charge is 0.472 e. The second-order valence-corrected chi connectivity index (χ2v) is 27.3. The Morgan fingerprint density at radius 2 is 0.578 bits per heavy atom. The first-order valence-electron chi connectivity index (χ1n) is 33.3. The van der Waals surface area contributed by atoms with E-state index in [4.69, 9.17) is 37.0 Å². The lowest BCUT2D eigenvalue weighted by atomic mass is 10.00. The number of phosphoric ester groups is 2. The monoisotopic (exact) mass is 1230 g/mol. The number of rotatable bonds is 61. The van der Waals surface area contributed by atoms with Crippen molar-refractivity contribution >= 4 is 39.5 Å². The Balaban J connectivity index is 5.26. The highest BCUT2D eigenvalue weighted by Gasteiger charge is 2.30. The third-order valence-corrected chi connectivity index (χ3v) is 17.6. The quantitative estimate of drug-likeness (QED) is 0.0222. The molecule has 0 rings (SSSR count). The number of phosphoric acid groups is 2. The van der Waals surface area contributed by atoms with E-state index in [1.807, 2.05) is 0 Å². The molecule has 0 amide bonds. The van der Waals surface area contributed by atoms with Gasteiger partial charge in [0.2, 0.25) is 0 Å². The van der Waals surface area contributed by atoms with Gasteiger partial charge in [0.25, 0.3) is 0 Å². The van der Waals surface area contributed by atoms with Gasteiger partial charge in [0.05, 0.1) is 26.4 Å². The Hall–Kier alpha value is -1.94. The molecular weight excluding hydrogens is 1100 g/mol. The molecule has 5 unspecified atom stereocenters. The zero-order valence-corrected chi connectivity index (χ0v) is 55.6. The smallest absolute Gasteiger partial charge is 0.462 e. The molecule has 17 nitrogen and oxygen atoms in total. The third kappa shape index (κ3) is 55.1. The lowest BCUT2D eigenvalue weighted by molar-refractivity contribution is -0.161. The van der Waals surface area contributed by atoms with E-state index in [0.29, 0.717) is 25.7 Å². The molecule has 492 valence electrons. The zero-order chi connectivity index (χ0) is 61.8. The molecule has 0 aliphatic rings. The normalized spacial score (nSPS) is 15.4. The highest BCUT2D eigenvalue weighted by molar-refractivity contribution is 7.47. The molecule has 0 spiro atoms. The Kier molecular flexibility index (Phi) is 53.0. The Morgan fingerprint density at radius 1 is 0.337 bits per heavy atom. The van der Waals surface area contributed by atoms with Gasteiger partial charge in [-0.15, -0.1) is 0 Å². The molecule has 0 aromatic heterocycles. The lowest BCUT2D eigenvalue weighted by Gasteiger charge is -2.21. The van der Waals surface area contributed by atoms with Crippen LogP contribution in [0, 0.1) is 23.7 Å². The van der Waals surface area contributed by atoms with E-state index in [2.05, 4.69) is 55.4 Å². The summed E-state index contributed by atoms with van der Waals surface area (Å²) in [5.41, 5.74) is 0. The summed E-state index contributed by atoms with van der Waals surface area (Å²) >= 11 is 0. The van der Waals surface area contributed by atoms with Crippen LogP contribution in [0.5, 0.6) is 0 Å². The summed E-state index contributed by atoms with van der Waals surface area (Å²) in [6.45, 7) is 13.9. The highest BCUT2D eigenvalue weighted by Crippen LogP contribution is 2.45. The van der Waals surface area contributed by atoms with Gasteiger partial charge in [0.15, 0.2) is 12.2 Å². The van der Waals surface area contributed by atoms with Crippen molar-refractivity contribution in [3.05, 3.63) is 0 Å². The molecule has 0 fully saturated rings. The van der Waals surface area contributed by atoms with Crippen molar-refractivity contribution in [2.45, 2.75) is 324 Å². The van der Waals surface area contributed by atoms with Crippen LogP contribution < -0.4 is 0 Å². The van der Waals surface area contributed by atoms with Crippen molar-refractivity contribution in [3.8, 4) is 0 Å². The second kappa shape index (κ2) is 54.2. The number of carbonyl (C=O) groups excluding carboxylic acids is 4. The van der Waals surface area contributed by atoms with Crippen molar-refractivity contribution in [1.82, 2.24) is 0 Å². The fourth-order valence-electron chi connectivity index (χ4n) is 9.33. The molecule has 0 aromatic rings. The first-order chi connectivity index (χ1) is 39.7. The van der Waals surface area contributed by atoms with Gasteiger partial charge in [-0.05, 0) is 49.4 Å². The summed E-state index contributed by atoms with van der Waals surface area (Å²) in [5.74, 6) is 0.786. The van der Waals surface area contributed by atoms with Crippen LogP contribution in [0.4, 0.5) is 0 Å². The van der Waals surface area contributed by atoms with Crippen LogP contribution in [0.3, 0.4) is 0 Å². The van der Waals surface area contributed by atoms with Crippen molar-refractivity contribution < 1.29 is 80.2 Å². The average Bonchev–Trinajstić information content (AvgIpc) is 3.48. The van der Waals surface area contributed by atoms with Crippen LogP contribution in [0.25, 0.3) is 0 Å². The van der Waals surface area contributed by atoms with Crippen LogP contribution in [-0.4, -0.2) is 96.7 Å². The Morgan fingerprint density at radius 3 is 0.855 bits per heavy atom. The van der Waals surface area contributed by atoms with Gasteiger partial charge in [0, 0.05) is 25.7 Å². The topological polar surface area (TPSA) is 237 Å². The number of esters is 4. The zero-order valence-electron chi connectivity index (χ0n) is 53.8. The second-order valence-electron chi connectivity index (χ2n) is 24.4. The van der Waals surface area contributed by atoms with E-state index in [1.165, 1.54) is 103 Å². The SMILES string of the molecule is CCC(C)CCCCCCCCC(=O)OC[C@H](COP(=O)(O)OC[C@H](O)COP(=O)(O)OC[C@@H](COC(=O)CCCCCCCCCCCCC(C)C)OC(=O)CCCCCCCCC(C)CC)OC(=O)CCCCCCCCC(C)CC. The van der Waals surface area contributed by atoms with Gasteiger partial charge in [-0.3, -0.25) is 37.3 Å². The number of aliphatic hydroxyl groups is 1. The van der Waals surface area contributed by atoms with Gasteiger partial charge in [-0.2, -0.15) is 0 Å². The molecule has 19 heteroatoms. The number of unbranched alkanes of at least 4 members (excludes halogenated alkanes) is 24. The van der Waals surface area contributed by atoms with Gasteiger partial charge in [0.1, 0.15) is 19.3 Å². The summed E-state index contributed by atoms with van der Waals surface area (Å²) in [4.78, 5) is 72.2. The molecular formula is C64H124O17P2. The standard InChI is InChI=1S/C64H124O17P2/c1-9-55(6)41-33-25-18-21-29-37-45-62(67)75-51-60(81-64(69)47-39-31-23-20-27-35-43-57(8)11-3)53-79-83(72,73)77-49-58(65)48-76-82(70,71)78-52-59(80-63(68)46-38-30-22-19-26-34-42-56(7)10-2)50-74-61(66)44-36-28-17-15-13-12-14-16-24-32-40-54(4)5/h54-60,65H,9-53H2,1-8H3,(H,70,71)(H,72,73)/t55?,56?,57?,58-,59-,60-/m1/s1. The van der Waals surface area contributed by atoms with E-state index in [1.54, 1.807) is 0 Å². The molecule has 0 radical (unpaired) electrons. The molecule has 0 aliphatic carbocycles. The number of hydrogen-bond donors (Lipinski definition) is 3. The van der Waals surface area contributed by atoms with E-state index >= 15 is 0 Å². The molecule has 83 heavy (non-hydrogen) atoms. The minimum absolute atomic E-state index is 0.101. The summed E-state index contributed by atoms with van der Waals surface area (Å²) in [5, 5.41) is 10.5. The number of ether oxygens (including phenoxy) is 4. The van der Waals surface area contributed by atoms with Crippen LogP contribution in [0.2, 0.25) is 0 Å². The van der Waals surface area contributed by atoms with Crippen LogP contribution >= 0.6 is 15.6 Å². The highest BCUT2D eigenvalue weighted by atomic mass is 31.2. The molecule has 0 heterocycles. The summed E-state index contributed by atoms with van der Waals surface area (Å²) in [6, 6.07) is 0. The maximum absolute atomic E-state index is 13.0. The number of carbonyl (C=O) groups is 4. The van der Waals surface area contributed by atoms with Gasteiger partial charge in [-0.1, -0.05) is 254 Å². The molecule has 0 aliphatic heterocycles. The first kappa shape index (κ1) is 81.1. The summed E-state index contributed by atoms with van der Waals surface area (Å²) in [7, 11) is -9.89. The fourth-order valence-corrected chi connectivity index (χ4v) is 10.9. The molecule has 0 saturated heterocycles. The van der Waals surface area contributed by atoms with E-state index in [9.17, 15) is 43.2 Å². The molecule has 3 N–H and O–H groups in total. The third-order valence-electron chi connectivity index (χ3n) is 15.7. The van der Waals surface area contributed by atoms with Crippen LogP contribution in [-0.2, 0) is 65.4 Å². The maximum atomic E-state index is 13.0. The summed E-state index contributed by atoms with van der Waals surface area (Å²) < 4.78 is 68.0. The first-order valence-corrected chi connectivity index (χ1v) is 36.3. The Labute approximate surface area is 505 Å². The van der Waals surface area contributed by atoms with Crippen LogP contribution in [0.1, 0.15) is 306 Å².